The molecule has 7 nitrogen and oxygen atoms in total. The lowest BCUT2D eigenvalue weighted by Crippen LogP contribution is -2.39. The number of aromatic nitrogens is 1. The molecule has 0 aliphatic carbocycles. The van der Waals surface area contributed by atoms with Gasteiger partial charge in [-0.15, -0.1) is 0 Å². The van der Waals surface area contributed by atoms with Crippen LogP contribution in [0.25, 0.3) is 22.0 Å². The second-order valence-corrected chi connectivity index (χ2v) is 10.6. The topological polar surface area (TPSA) is 112 Å². The second kappa shape index (κ2) is 9.47. The number of para-hydroxylation sites is 1. The Hall–Kier alpha value is -3.17. The van der Waals surface area contributed by atoms with E-state index in [2.05, 4.69) is 9.71 Å². The number of benzene rings is 3. The van der Waals surface area contributed by atoms with Crippen LogP contribution in [0.4, 0.5) is 0 Å². The van der Waals surface area contributed by atoms with E-state index in [9.17, 15) is 18.6 Å². The first-order valence-electron chi connectivity index (χ1n) is 11.6. The largest absolute Gasteiger partial charge is 0.492 e. The van der Waals surface area contributed by atoms with E-state index in [-0.39, 0.29) is 11.5 Å². The fourth-order valence-corrected chi connectivity index (χ4v) is 6.03. The van der Waals surface area contributed by atoms with Crippen LogP contribution in [-0.4, -0.2) is 42.9 Å². The number of aromatic amines is 1. The molecule has 0 saturated heterocycles. The summed E-state index contributed by atoms with van der Waals surface area (Å²) < 4.78 is 35.5. The van der Waals surface area contributed by atoms with Crippen LogP contribution < -0.4 is 9.46 Å². The summed E-state index contributed by atoms with van der Waals surface area (Å²) >= 11 is 0. The Morgan fingerprint density at radius 3 is 2.60 bits per heavy atom. The molecule has 0 radical (unpaired) electrons. The van der Waals surface area contributed by atoms with E-state index in [1.54, 1.807) is 13.0 Å². The van der Waals surface area contributed by atoms with Gasteiger partial charge in [-0.2, -0.15) is 0 Å². The van der Waals surface area contributed by atoms with Crippen LogP contribution in [0.15, 0.2) is 71.8 Å². The molecular formula is C27H28N2O5S. The molecular weight excluding hydrogens is 464 g/mol. The van der Waals surface area contributed by atoms with Gasteiger partial charge in [0.1, 0.15) is 10.6 Å². The molecule has 0 saturated carbocycles. The number of ether oxygens (including phenoxy) is 1. The third-order valence-electron chi connectivity index (χ3n) is 6.45. The van der Waals surface area contributed by atoms with E-state index in [0.717, 1.165) is 38.7 Å². The Morgan fingerprint density at radius 2 is 1.86 bits per heavy atom. The SMILES string of the molecule is CC(O)c1ccc(-c2cc3c(c(S(=O)(=O)N[C@@H](CO)Cc4c[nH]c5ccccc45)c2)OCC3)cc1. The molecule has 5 rings (SSSR count). The predicted octanol–water partition coefficient (Wildman–Crippen LogP) is 3.71. The van der Waals surface area contributed by atoms with Crippen molar-refractivity contribution in [2.75, 3.05) is 13.2 Å². The van der Waals surface area contributed by atoms with Gasteiger partial charge >= 0.3 is 0 Å². The average Bonchev–Trinajstić information content (AvgIpc) is 3.50. The van der Waals surface area contributed by atoms with Gasteiger partial charge < -0.3 is 19.9 Å². The number of hydrogen-bond acceptors (Lipinski definition) is 5. The van der Waals surface area contributed by atoms with Crippen LogP contribution >= 0.6 is 0 Å². The molecule has 8 heteroatoms. The third kappa shape index (κ3) is 4.70. The van der Waals surface area contributed by atoms with Crippen molar-refractivity contribution in [1.29, 1.82) is 0 Å². The number of nitrogens with one attached hydrogen (secondary N) is 2. The number of aliphatic hydroxyl groups excluding tert-OH is 2. The molecule has 182 valence electrons. The molecule has 4 N–H and O–H groups in total. The molecule has 0 amide bonds. The van der Waals surface area contributed by atoms with Crippen LogP contribution in [0, 0.1) is 0 Å². The summed E-state index contributed by atoms with van der Waals surface area (Å²) in [5, 5.41) is 20.8. The molecule has 0 bridgehead atoms. The van der Waals surface area contributed by atoms with E-state index in [4.69, 9.17) is 4.74 Å². The van der Waals surface area contributed by atoms with Gasteiger partial charge in [0.2, 0.25) is 10.0 Å². The molecule has 1 aromatic heterocycles. The number of aliphatic hydroxyl groups is 2. The minimum Gasteiger partial charge on any atom is -0.492 e. The summed E-state index contributed by atoms with van der Waals surface area (Å²) in [5.41, 5.74) is 5.11. The molecule has 3 aromatic carbocycles. The highest BCUT2D eigenvalue weighted by Crippen LogP contribution is 2.37. The van der Waals surface area contributed by atoms with Crippen LogP contribution in [-0.2, 0) is 22.9 Å². The number of hydrogen-bond donors (Lipinski definition) is 4. The summed E-state index contributed by atoms with van der Waals surface area (Å²) in [7, 11) is -3.99. The van der Waals surface area contributed by atoms with Crippen LogP contribution in [0.3, 0.4) is 0 Å². The van der Waals surface area contributed by atoms with E-state index in [1.165, 1.54) is 0 Å². The number of fused-ring (bicyclic) bond motifs is 2. The van der Waals surface area contributed by atoms with E-state index < -0.39 is 22.2 Å². The molecule has 2 atom stereocenters. The lowest BCUT2D eigenvalue weighted by atomic mass is 10.00. The maximum Gasteiger partial charge on any atom is 0.244 e. The quantitative estimate of drug-likeness (QED) is 0.300. The molecule has 35 heavy (non-hydrogen) atoms. The van der Waals surface area contributed by atoms with Crippen molar-refractivity contribution in [3.8, 4) is 16.9 Å². The first kappa shape index (κ1) is 23.6. The minimum atomic E-state index is -3.99. The predicted molar refractivity (Wildman–Crippen MR) is 135 cm³/mol. The Labute approximate surface area is 204 Å². The highest BCUT2D eigenvalue weighted by atomic mass is 32.2. The van der Waals surface area contributed by atoms with Gasteiger partial charge in [-0.1, -0.05) is 42.5 Å². The molecule has 0 spiro atoms. The summed E-state index contributed by atoms with van der Waals surface area (Å²) in [6.45, 7) is 1.77. The van der Waals surface area contributed by atoms with Gasteiger partial charge in [0.05, 0.1) is 19.3 Å². The lowest BCUT2D eigenvalue weighted by molar-refractivity contribution is 0.199. The van der Waals surface area contributed by atoms with Crippen molar-refractivity contribution in [3.63, 3.8) is 0 Å². The van der Waals surface area contributed by atoms with Crippen molar-refractivity contribution >= 4 is 20.9 Å². The summed E-state index contributed by atoms with van der Waals surface area (Å²) in [6.07, 6.45) is 2.23. The smallest absolute Gasteiger partial charge is 0.244 e. The highest BCUT2D eigenvalue weighted by Gasteiger charge is 2.29. The zero-order chi connectivity index (χ0) is 24.6. The summed E-state index contributed by atoms with van der Waals surface area (Å²) in [6, 6.07) is 18.1. The maximum atomic E-state index is 13.5. The number of rotatable bonds is 8. The fourth-order valence-electron chi connectivity index (χ4n) is 4.59. The monoisotopic (exact) mass is 492 g/mol. The minimum absolute atomic E-state index is 0.0690. The van der Waals surface area contributed by atoms with Crippen molar-refractivity contribution in [2.45, 2.75) is 36.8 Å². The third-order valence-corrected chi connectivity index (χ3v) is 7.97. The molecule has 2 heterocycles. The van der Waals surface area contributed by atoms with Gasteiger partial charge in [-0.25, -0.2) is 13.1 Å². The van der Waals surface area contributed by atoms with Crippen LogP contribution in [0.5, 0.6) is 5.75 Å². The number of sulfonamides is 1. The number of H-pyrrole nitrogens is 1. The van der Waals surface area contributed by atoms with Crippen molar-refractivity contribution < 1.29 is 23.4 Å². The first-order valence-corrected chi connectivity index (χ1v) is 13.1. The average molecular weight is 493 g/mol. The lowest BCUT2D eigenvalue weighted by Gasteiger charge is -2.18. The van der Waals surface area contributed by atoms with Crippen molar-refractivity contribution in [3.05, 3.63) is 83.6 Å². The second-order valence-electron chi connectivity index (χ2n) is 8.92. The van der Waals surface area contributed by atoms with Crippen LogP contribution in [0.2, 0.25) is 0 Å². The Bertz CT molecular complexity index is 1460. The highest BCUT2D eigenvalue weighted by molar-refractivity contribution is 7.89. The summed E-state index contributed by atoms with van der Waals surface area (Å²) in [4.78, 5) is 3.26. The first-order chi connectivity index (χ1) is 16.9. The molecule has 4 aromatic rings. The zero-order valence-corrected chi connectivity index (χ0v) is 20.2. The van der Waals surface area contributed by atoms with E-state index in [1.807, 2.05) is 60.8 Å². The zero-order valence-electron chi connectivity index (χ0n) is 19.4. The van der Waals surface area contributed by atoms with Crippen LogP contribution in [0.1, 0.15) is 29.7 Å². The molecule has 1 aliphatic heterocycles. The molecule has 1 unspecified atom stereocenters. The molecule has 0 fully saturated rings. The van der Waals surface area contributed by atoms with Gasteiger partial charge in [0.15, 0.2) is 0 Å². The Morgan fingerprint density at radius 1 is 1.09 bits per heavy atom. The van der Waals surface area contributed by atoms with E-state index in [0.29, 0.717) is 25.2 Å². The maximum absolute atomic E-state index is 13.5. The van der Waals surface area contributed by atoms with Gasteiger partial charge in [-0.3, -0.25) is 0 Å². The van der Waals surface area contributed by atoms with Crippen molar-refractivity contribution in [2.24, 2.45) is 0 Å². The van der Waals surface area contributed by atoms with Gasteiger partial charge in [0.25, 0.3) is 0 Å². The van der Waals surface area contributed by atoms with E-state index >= 15 is 0 Å². The van der Waals surface area contributed by atoms with Crippen molar-refractivity contribution in [1.82, 2.24) is 9.71 Å². The van der Waals surface area contributed by atoms with Gasteiger partial charge in [0, 0.05) is 29.6 Å². The fraction of sp³-hybridized carbons (Fsp3) is 0.259. The standard InChI is InChI=1S/C27H28N2O5S/c1-17(31)18-6-8-19(9-7-18)21-12-20-10-11-34-27(20)26(14-21)35(32,33)29-23(16-30)13-22-15-28-25-5-3-2-4-24(22)25/h2-9,12,14-15,17,23,28-31H,10-11,13,16H2,1H3/t17?,23-/m1/s1. The molecule has 1 aliphatic rings. The normalized spacial score (nSPS) is 15.1. The Balaban J connectivity index is 1.46. The summed E-state index contributed by atoms with van der Waals surface area (Å²) in [5.74, 6) is 0.366. The van der Waals surface area contributed by atoms with Gasteiger partial charge in [-0.05, 0) is 59.4 Å². The Kier molecular flexibility index (Phi) is 6.37.